The number of aromatic hydroxyl groups is 1. The molecule has 1 aromatic rings. The number of hydrogen-bond acceptors (Lipinski definition) is 5. The van der Waals surface area contributed by atoms with Crippen molar-refractivity contribution in [1.82, 2.24) is 4.72 Å². The van der Waals surface area contributed by atoms with Crippen LogP contribution in [0.4, 0.5) is 10.1 Å². The molecule has 0 spiro atoms. The number of hydrogen-bond donors (Lipinski definition) is 3. The lowest BCUT2D eigenvalue weighted by Gasteiger charge is -2.17. The zero-order valence-corrected chi connectivity index (χ0v) is 12.6. The molecule has 122 valence electrons. The number of aliphatic hydroxyl groups excluding tert-OH is 1. The normalized spacial score (nSPS) is 24.8. The second kappa shape index (κ2) is 5.40. The molecule has 3 rings (SSSR count). The van der Waals surface area contributed by atoms with Crippen molar-refractivity contribution in [3.05, 3.63) is 23.5 Å². The maximum atomic E-state index is 14.5. The van der Waals surface area contributed by atoms with Gasteiger partial charge in [0.25, 0.3) is 5.91 Å². The van der Waals surface area contributed by atoms with Gasteiger partial charge in [-0.2, -0.15) is 8.42 Å². The highest BCUT2D eigenvalue weighted by molar-refractivity contribution is 7.92. The minimum absolute atomic E-state index is 0.0163. The Balaban J connectivity index is 1.98. The van der Waals surface area contributed by atoms with Crippen LogP contribution in [-0.4, -0.2) is 37.7 Å². The molecule has 0 radical (unpaired) electrons. The van der Waals surface area contributed by atoms with Gasteiger partial charge in [-0.15, -0.1) is 0 Å². The zero-order valence-electron chi connectivity index (χ0n) is 11.8. The first kappa shape index (κ1) is 15.6. The fourth-order valence-corrected chi connectivity index (χ4v) is 3.49. The van der Waals surface area contributed by atoms with Gasteiger partial charge < -0.3 is 10.2 Å². The third kappa shape index (κ3) is 2.83. The summed E-state index contributed by atoms with van der Waals surface area (Å²) in [6, 6.07) is 2.35. The van der Waals surface area contributed by atoms with Crippen LogP contribution in [0.5, 0.6) is 5.75 Å². The van der Waals surface area contributed by atoms with E-state index < -0.39 is 39.9 Å². The standard InChI is InChI=1S/C14H13FN2O5S/c15-13-8(1-2-9-5-10(9)7-18)3-4-11(19)14(13)17-6-12(20)16-23(17,21)22/h3-4,9-10,18-19H,5-7H2,(H,16,20)/t9-,10+/m1/s1. The number of halogens is 1. The topological polar surface area (TPSA) is 107 Å². The van der Waals surface area contributed by atoms with Gasteiger partial charge in [-0.25, -0.2) is 13.4 Å². The fourth-order valence-electron chi connectivity index (χ4n) is 2.33. The van der Waals surface area contributed by atoms with Crippen molar-refractivity contribution in [2.24, 2.45) is 11.8 Å². The van der Waals surface area contributed by atoms with E-state index in [9.17, 15) is 22.7 Å². The molecule has 0 bridgehead atoms. The summed E-state index contributed by atoms with van der Waals surface area (Å²) in [6.45, 7) is -0.596. The fraction of sp³-hybridized carbons (Fsp3) is 0.357. The molecule has 9 heteroatoms. The molecule has 0 unspecified atom stereocenters. The minimum atomic E-state index is -4.23. The molecule has 0 aromatic heterocycles. The molecular weight excluding hydrogens is 327 g/mol. The minimum Gasteiger partial charge on any atom is -0.506 e. The lowest BCUT2D eigenvalue weighted by atomic mass is 10.1. The number of carbonyl (C=O) groups excluding carboxylic acids is 1. The number of amides is 1. The summed E-state index contributed by atoms with van der Waals surface area (Å²) < 4.78 is 40.3. The van der Waals surface area contributed by atoms with E-state index in [1.807, 2.05) is 0 Å². The third-order valence-electron chi connectivity index (χ3n) is 3.71. The summed E-state index contributed by atoms with van der Waals surface area (Å²) >= 11 is 0. The predicted octanol–water partition coefficient (Wildman–Crippen LogP) is -0.308. The summed E-state index contributed by atoms with van der Waals surface area (Å²) in [5.74, 6) is 3.03. The van der Waals surface area contributed by atoms with Gasteiger partial charge >= 0.3 is 10.2 Å². The lowest BCUT2D eigenvalue weighted by molar-refractivity contribution is -0.117. The molecule has 2 fully saturated rings. The monoisotopic (exact) mass is 340 g/mol. The maximum absolute atomic E-state index is 14.5. The predicted molar refractivity (Wildman–Crippen MR) is 78.0 cm³/mol. The van der Waals surface area contributed by atoms with Crippen molar-refractivity contribution in [1.29, 1.82) is 0 Å². The molecule has 1 aromatic carbocycles. The van der Waals surface area contributed by atoms with E-state index >= 15 is 0 Å². The number of phenolic OH excluding ortho intramolecular Hbond substituents is 1. The average Bonchev–Trinajstić information content (AvgIpc) is 3.17. The van der Waals surface area contributed by atoms with Crippen molar-refractivity contribution in [2.75, 3.05) is 17.5 Å². The molecule has 3 N–H and O–H groups in total. The lowest BCUT2D eigenvalue weighted by Crippen LogP contribution is -2.30. The molecule has 1 saturated carbocycles. The van der Waals surface area contributed by atoms with Gasteiger partial charge in [0, 0.05) is 12.5 Å². The summed E-state index contributed by atoms with van der Waals surface area (Å²) in [5.41, 5.74) is -0.694. The number of benzene rings is 1. The average molecular weight is 340 g/mol. The van der Waals surface area contributed by atoms with Gasteiger partial charge in [0.05, 0.1) is 5.56 Å². The molecule has 1 heterocycles. The Bertz CT molecular complexity index is 843. The van der Waals surface area contributed by atoms with Crippen LogP contribution in [-0.2, 0) is 15.0 Å². The molecular formula is C14H13FN2O5S. The van der Waals surface area contributed by atoms with Crippen LogP contribution in [0.1, 0.15) is 12.0 Å². The van der Waals surface area contributed by atoms with Crippen LogP contribution in [0.25, 0.3) is 0 Å². The number of aliphatic hydroxyl groups is 1. The van der Waals surface area contributed by atoms with Gasteiger partial charge in [0.2, 0.25) is 0 Å². The summed E-state index contributed by atoms with van der Waals surface area (Å²) in [7, 11) is -4.23. The number of phenols is 1. The van der Waals surface area contributed by atoms with E-state index in [4.69, 9.17) is 5.11 Å². The first-order chi connectivity index (χ1) is 10.8. The van der Waals surface area contributed by atoms with Gasteiger partial charge in [0.15, 0.2) is 5.82 Å². The Hall–Kier alpha value is -2.31. The smallest absolute Gasteiger partial charge is 0.326 e. The Kier molecular flexibility index (Phi) is 3.66. The van der Waals surface area contributed by atoms with Gasteiger partial charge in [-0.05, 0) is 24.5 Å². The molecule has 1 amide bonds. The number of carbonyl (C=O) groups is 1. The summed E-state index contributed by atoms with van der Waals surface area (Å²) in [5, 5.41) is 18.7. The first-order valence-electron chi connectivity index (χ1n) is 6.80. The maximum Gasteiger partial charge on any atom is 0.326 e. The van der Waals surface area contributed by atoms with Crippen LogP contribution < -0.4 is 9.03 Å². The highest BCUT2D eigenvalue weighted by Gasteiger charge is 2.38. The molecule has 1 saturated heterocycles. The van der Waals surface area contributed by atoms with Gasteiger partial charge in [-0.3, -0.25) is 4.79 Å². The number of nitrogens with one attached hydrogen (secondary N) is 1. The zero-order chi connectivity index (χ0) is 16.8. The van der Waals surface area contributed by atoms with E-state index in [1.165, 1.54) is 6.07 Å². The molecule has 1 aliphatic heterocycles. The highest BCUT2D eigenvalue weighted by Crippen LogP contribution is 2.38. The van der Waals surface area contributed by atoms with Crippen LogP contribution in [0.3, 0.4) is 0 Å². The summed E-state index contributed by atoms with van der Waals surface area (Å²) in [4.78, 5) is 11.3. The van der Waals surface area contributed by atoms with Crippen molar-refractivity contribution in [3.63, 3.8) is 0 Å². The second-order valence-electron chi connectivity index (χ2n) is 5.39. The Morgan fingerprint density at radius 2 is 2.17 bits per heavy atom. The first-order valence-corrected chi connectivity index (χ1v) is 8.24. The number of anilines is 1. The number of nitrogens with zero attached hydrogens (tertiary/aromatic N) is 1. The largest absolute Gasteiger partial charge is 0.506 e. The van der Waals surface area contributed by atoms with Crippen LogP contribution in [0.2, 0.25) is 0 Å². The van der Waals surface area contributed by atoms with Crippen molar-refractivity contribution >= 4 is 21.8 Å². The van der Waals surface area contributed by atoms with Crippen LogP contribution in [0, 0.1) is 29.5 Å². The molecule has 1 aliphatic carbocycles. The van der Waals surface area contributed by atoms with E-state index in [1.54, 1.807) is 4.72 Å². The molecule has 7 nitrogen and oxygen atoms in total. The van der Waals surface area contributed by atoms with E-state index in [0.717, 1.165) is 12.5 Å². The Labute approximate surface area is 131 Å². The summed E-state index contributed by atoms with van der Waals surface area (Å²) in [6.07, 6.45) is 0.731. The Morgan fingerprint density at radius 3 is 2.74 bits per heavy atom. The second-order valence-corrected chi connectivity index (χ2v) is 6.98. The van der Waals surface area contributed by atoms with Crippen molar-refractivity contribution in [2.45, 2.75) is 6.42 Å². The van der Waals surface area contributed by atoms with E-state index in [-0.39, 0.29) is 24.0 Å². The highest BCUT2D eigenvalue weighted by atomic mass is 32.2. The van der Waals surface area contributed by atoms with Crippen LogP contribution in [0.15, 0.2) is 12.1 Å². The van der Waals surface area contributed by atoms with Gasteiger partial charge in [0.1, 0.15) is 18.0 Å². The van der Waals surface area contributed by atoms with Gasteiger partial charge in [-0.1, -0.05) is 11.8 Å². The van der Waals surface area contributed by atoms with Crippen LogP contribution >= 0.6 is 0 Å². The van der Waals surface area contributed by atoms with Crippen molar-refractivity contribution < 1.29 is 27.8 Å². The van der Waals surface area contributed by atoms with E-state index in [0.29, 0.717) is 4.31 Å². The van der Waals surface area contributed by atoms with E-state index in [2.05, 4.69) is 11.8 Å². The molecule has 2 atom stereocenters. The third-order valence-corrected chi connectivity index (χ3v) is 5.09. The molecule has 2 aliphatic rings. The number of rotatable bonds is 2. The van der Waals surface area contributed by atoms with Crippen molar-refractivity contribution in [3.8, 4) is 17.6 Å². The Morgan fingerprint density at radius 1 is 1.43 bits per heavy atom. The SMILES string of the molecule is O=C1CN(c2c(O)ccc(C#C[C@@H]3C[C@H]3CO)c2F)S(=O)(=O)N1. The quantitative estimate of drug-likeness (QED) is 0.641. The molecule has 23 heavy (non-hydrogen) atoms.